The summed E-state index contributed by atoms with van der Waals surface area (Å²) < 4.78 is 0.996. The molecule has 0 aliphatic rings. The number of hydrogen-bond donors (Lipinski definition) is 0. The minimum atomic E-state index is 0.0891. The van der Waals surface area contributed by atoms with Crippen LogP contribution in [-0.2, 0) is 6.42 Å². The molecular formula is C11H8BrClOS2. The number of Topliss-reactive ketones (excluding diaryl/α,β-unsaturated/α-hetero) is 1. The number of rotatable bonds is 3. The molecule has 0 radical (unpaired) electrons. The maximum atomic E-state index is 12.0. The summed E-state index contributed by atoms with van der Waals surface area (Å²) in [6.45, 7) is 1.91. The predicted molar refractivity (Wildman–Crippen MR) is 74.1 cm³/mol. The van der Waals surface area contributed by atoms with Crippen LogP contribution in [0.2, 0.25) is 5.02 Å². The van der Waals surface area contributed by atoms with Gasteiger partial charge in [-0.2, -0.15) is 0 Å². The first-order valence-electron chi connectivity index (χ1n) is 4.58. The number of halogens is 2. The second-order valence-electron chi connectivity index (χ2n) is 3.35. The van der Waals surface area contributed by atoms with Crippen LogP contribution in [0.4, 0.5) is 0 Å². The fourth-order valence-electron chi connectivity index (χ4n) is 1.30. The van der Waals surface area contributed by atoms with Gasteiger partial charge in [0.05, 0.1) is 9.90 Å². The molecule has 0 saturated carbocycles. The highest BCUT2D eigenvalue weighted by Crippen LogP contribution is 2.30. The molecule has 0 atom stereocenters. The third-order valence-electron chi connectivity index (χ3n) is 2.16. The summed E-state index contributed by atoms with van der Waals surface area (Å²) >= 11 is 12.5. The van der Waals surface area contributed by atoms with E-state index in [1.54, 1.807) is 11.3 Å². The van der Waals surface area contributed by atoms with Gasteiger partial charge in [-0.3, -0.25) is 4.79 Å². The van der Waals surface area contributed by atoms with E-state index in [1.807, 2.05) is 23.8 Å². The Morgan fingerprint density at radius 3 is 2.75 bits per heavy atom. The average Bonchev–Trinajstić information content (AvgIpc) is 2.77. The van der Waals surface area contributed by atoms with E-state index in [-0.39, 0.29) is 5.78 Å². The Morgan fingerprint density at radius 2 is 2.25 bits per heavy atom. The van der Waals surface area contributed by atoms with Crippen LogP contribution in [0.1, 0.15) is 20.1 Å². The largest absolute Gasteiger partial charge is 0.293 e. The Labute approximate surface area is 115 Å². The molecule has 0 bridgehead atoms. The molecule has 2 heterocycles. The summed E-state index contributed by atoms with van der Waals surface area (Å²) in [5.74, 6) is 0.0891. The lowest BCUT2D eigenvalue weighted by atomic mass is 10.2. The van der Waals surface area contributed by atoms with Crippen LogP contribution in [0.3, 0.4) is 0 Å². The highest BCUT2D eigenvalue weighted by molar-refractivity contribution is 9.10. The molecule has 2 aromatic heterocycles. The van der Waals surface area contributed by atoms with Gasteiger partial charge in [-0.25, -0.2) is 0 Å². The van der Waals surface area contributed by atoms with Crippen molar-refractivity contribution in [1.29, 1.82) is 0 Å². The SMILES string of the molecule is Cc1csc(C(=O)Cc2sccc2Br)c1Cl. The van der Waals surface area contributed by atoms with E-state index in [1.165, 1.54) is 11.3 Å². The standard InChI is InChI=1S/C11H8BrClOS2/c1-6-5-16-11(10(6)13)8(14)4-9-7(12)2-3-15-9/h2-3,5H,4H2,1H3. The molecule has 2 rings (SSSR count). The van der Waals surface area contributed by atoms with Gasteiger partial charge in [-0.1, -0.05) is 11.6 Å². The van der Waals surface area contributed by atoms with Crippen molar-refractivity contribution < 1.29 is 4.79 Å². The van der Waals surface area contributed by atoms with E-state index in [0.29, 0.717) is 16.3 Å². The number of carbonyl (C=O) groups is 1. The molecule has 0 amide bonds. The Balaban J connectivity index is 2.21. The predicted octanol–water partition coefficient (Wildman–Crippen LogP) is 4.96. The smallest absolute Gasteiger partial charge is 0.179 e. The molecule has 0 aromatic carbocycles. The zero-order valence-electron chi connectivity index (χ0n) is 8.42. The maximum absolute atomic E-state index is 12.0. The van der Waals surface area contributed by atoms with E-state index >= 15 is 0 Å². The van der Waals surface area contributed by atoms with Crippen LogP contribution < -0.4 is 0 Å². The minimum Gasteiger partial charge on any atom is -0.293 e. The molecule has 0 fully saturated rings. The van der Waals surface area contributed by atoms with Gasteiger partial charge < -0.3 is 0 Å². The van der Waals surface area contributed by atoms with Gasteiger partial charge in [0.15, 0.2) is 5.78 Å². The van der Waals surface area contributed by atoms with Crippen molar-refractivity contribution in [3.8, 4) is 0 Å². The zero-order chi connectivity index (χ0) is 11.7. The average molecular weight is 336 g/mol. The Kier molecular flexibility index (Phi) is 3.85. The van der Waals surface area contributed by atoms with Gasteiger partial charge in [0, 0.05) is 15.8 Å². The quantitative estimate of drug-likeness (QED) is 0.725. The van der Waals surface area contributed by atoms with Crippen molar-refractivity contribution in [3.63, 3.8) is 0 Å². The lowest BCUT2D eigenvalue weighted by Crippen LogP contribution is -2.00. The van der Waals surface area contributed by atoms with Crippen LogP contribution in [0.5, 0.6) is 0 Å². The Morgan fingerprint density at radius 1 is 1.50 bits per heavy atom. The molecule has 5 heteroatoms. The normalized spacial score (nSPS) is 10.7. The van der Waals surface area contributed by atoms with Crippen molar-refractivity contribution in [3.05, 3.63) is 41.6 Å². The van der Waals surface area contributed by atoms with E-state index < -0.39 is 0 Å². The zero-order valence-corrected chi connectivity index (χ0v) is 12.4. The van der Waals surface area contributed by atoms with Crippen LogP contribution in [0, 0.1) is 6.92 Å². The molecule has 2 aromatic rings. The lowest BCUT2D eigenvalue weighted by molar-refractivity contribution is 0.0997. The first kappa shape index (κ1) is 12.3. The molecule has 0 N–H and O–H groups in total. The third kappa shape index (κ3) is 2.40. The van der Waals surface area contributed by atoms with Crippen LogP contribution in [-0.4, -0.2) is 5.78 Å². The van der Waals surface area contributed by atoms with Crippen molar-refractivity contribution >= 4 is 56.0 Å². The fraction of sp³-hybridized carbons (Fsp3) is 0.182. The first-order valence-corrected chi connectivity index (χ1v) is 7.51. The van der Waals surface area contributed by atoms with E-state index in [9.17, 15) is 4.79 Å². The second kappa shape index (κ2) is 5.00. The van der Waals surface area contributed by atoms with Gasteiger partial charge in [-0.05, 0) is 45.2 Å². The van der Waals surface area contributed by atoms with Gasteiger partial charge in [0.1, 0.15) is 0 Å². The number of thiophene rings is 2. The summed E-state index contributed by atoms with van der Waals surface area (Å²) in [5.41, 5.74) is 0.972. The number of carbonyl (C=O) groups excluding carboxylic acids is 1. The molecule has 0 aliphatic carbocycles. The van der Waals surface area contributed by atoms with Crippen molar-refractivity contribution in [2.75, 3.05) is 0 Å². The number of hydrogen-bond acceptors (Lipinski definition) is 3. The molecule has 0 unspecified atom stereocenters. The summed E-state index contributed by atoms with van der Waals surface area (Å²) in [6.07, 6.45) is 0.415. The first-order chi connectivity index (χ1) is 7.59. The van der Waals surface area contributed by atoms with Gasteiger partial charge in [0.2, 0.25) is 0 Å². The molecule has 16 heavy (non-hydrogen) atoms. The summed E-state index contributed by atoms with van der Waals surface area (Å²) in [4.78, 5) is 13.7. The molecule has 0 aliphatic heterocycles. The highest BCUT2D eigenvalue weighted by atomic mass is 79.9. The van der Waals surface area contributed by atoms with Crippen LogP contribution >= 0.6 is 50.2 Å². The topological polar surface area (TPSA) is 17.1 Å². The monoisotopic (exact) mass is 334 g/mol. The molecule has 0 spiro atoms. The molecule has 84 valence electrons. The number of aryl methyl sites for hydroxylation is 1. The summed E-state index contributed by atoms with van der Waals surface area (Å²) in [5, 5.41) is 4.48. The van der Waals surface area contributed by atoms with Crippen molar-refractivity contribution in [2.45, 2.75) is 13.3 Å². The second-order valence-corrected chi connectivity index (χ2v) is 6.47. The summed E-state index contributed by atoms with van der Waals surface area (Å²) in [6, 6.07) is 1.95. The van der Waals surface area contributed by atoms with Crippen LogP contribution in [0.25, 0.3) is 0 Å². The van der Waals surface area contributed by atoms with Crippen molar-refractivity contribution in [2.24, 2.45) is 0 Å². The highest BCUT2D eigenvalue weighted by Gasteiger charge is 2.16. The van der Waals surface area contributed by atoms with E-state index in [0.717, 1.165) is 14.9 Å². The van der Waals surface area contributed by atoms with Crippen molar-refractivity contribution in [1.82, 2.24) is 0 Å². The Hall–Kier alpha value is -0.160. The van der Waals surface area contributed by atoms with E-state index in [4.69, 9.17) is 11.6 Å². The van der Waals surface area contributed by atoms with Gasteiger partial charge >= 0.3 is 0 Å². The number of ketones is 1. The van der Waals surface area contributed by atoms with Gasteiger partial charge in [-0.15, -0.1) is 22.7 Å². The van der Waals surface area contributed by atoms with Gasteiger partial charge in [0.25, 0.3) is 0 Å². The third-order valence-corrected chi connectivity index (χ3v) is 5.83. The summed E-state index contributed by atoms with van der Waals surface area (Å²) in [7, 11) is 0. The fourth-order valence-corrected chi connectivity index (χ4v) is 4.03. The molecule has 1 nitrogen and oxygen atoms in total. The maximum Gasteiger partial charge on any atom is 0.179 e. The molecular weight excluding hydrogens is 328 g/mol. The Bertz CT molecular complexity index is 530. The van der Waals surface area contributed by atoms with Crippen LogP contribution in [0.15, 0.2) is 21.3 Å². The van der Waals surface area contributed by atoms with E-state index in [2.05, 4.69) is 15.9 Å². The minimum absolute atomic E-state index is 0.0891. The lowest BCUT2D eigenvalue weighted by Gasteiger charge is -1.98. The molecule has 0 saturated heterocycles.